The summed E-state index contributed by atoms with van der Waals surface area (Å²) in [5.74, 6) is 0.690. The fourth-order valence-corrected chi connectivity index (χ4v) is 10.8. The molecule has 11 aromatic rings. The summed E-state index contributed by atoms with van der Waals surface area (Å²) in [4.78, 5) is 10.7. The van der Waals surface area contributed by atoms with Crippen molar-refractivity contribution >= 4 is 31.5 Å². The van der Waals surface area contributed by atoms with Gasteiger partial charge in [-0.1, -0.05) is 200 Å². The Bertz CT molecular complexity index is 3400. The molecule has 0 amide bonds. The lowest BCUT2D eigenvalue weighted by molar-refractivity contribution is 0.768. The predicted octanol–water partition coefficient (Wildman–Crippen LogP) is 15.5. The monoisotopic (exact) mass is 806 g/mol. The minimum absolute atomic E-state index is 0.512. The van der Waals surface area contributed by atoms with Gasteiger partial charge in [0.1, 0.15) is 0 Å². The van der Waals surface area contributed by atoms with Gasteiger partial charge in [0.05, 0.1) is 16.8 Å². The maximum absolute atomic E-state index is 5.40. The van der Waals surface area contributed by atoms with Crippen LogP contribution in [-0.4, -0.2) is 9.97 Å². The van der Waals surface area contributed by atoms with Crippen LogP contribution in [0.3, 0.4) is 0 Å². The third kappa shape index (κ3) is 5.93. The van der Waals surface area contributed by atoms with E-state index in [1.54, 1.807) is 0 Å². The molecule has 9 aromatic carbocycles. The van der Waals surface area contributed by atoms with Crippen molar-refractivity contribution < 1.29 is 0 Å². The van der Waals surface area contributed by atoms with E-state index in [-0.39, 0.29) is 0 Å². The van der Waals surface area contributed by atoms with Gasteiger partial charge in [0.2, 0.25) is 0 Å². The van der Waals surface area contributed by atoms with Gasteiger partial charge in [0, 0.05) is 36.9 Å². The Labute approximate surface area is 365 Å². The Morgan fingerprint density at radius 1 is 0.306 bits per heavy atom. The molecule has 2 nitrogen and oxygen atoms in total. The fourth-order valence-electron chi connectivity index (χ4n) is 9.68. The summed E-state index contributed by atoms with van der Waals surface area (Å²) in [6.07, 6.45) is 0. The molecule has 0 unspecified atom stereocenters. The Morgan fingerprint density at radius 2 is 0.839 bits per heavy atom. The van der Waals surface area contributed by atoms with Crippen LogP contribution >= 0.6 is 11.3 Å². The first-order valence-electron chi connectivity index (χ1n) is 21.1. The number of benzene rings is 9. The fraction of sp³-hybridized carbons (Fsp3) is 0.0169. The molecular weight excluding hydrogens is 769 g/mol. The van der Waals surface area contributed by atoms with E-state index >= 15 is 0 Å². The number of thiophene rings is 1. The van der Waals surface area contributed by atoms with E-state index in [9.17, 15) is 0 Å². The van der Waals surface area contributed by atoms with E-state index in [1.165, 1.54) is 64.7 Å². The van der Waals surface area contributed by atoms with E-state index in [2.05, 4.69) is 231 Å². The average molecular weight is 807 g/mol. The van der Waals surface area contributed by atoms with Crippen LogP contribution in [0, 0.1) is 0 Å². The molecule has 0 saturated carbocycles. The highest BCUT2D eigenvalue weighted by atomic mass is 32.1. The second kappa shape index (κ2) is 14.8. The molecule has 290 valence electrons. The van der Waals surface area contributed by atoms with E-state index in [1.807, 2.05) is 11.3 Å². The molecule has 0 saturated heterocycles. The molecule has 12 rings (SSSR count). The molecule has 0 bridgehead atoms. The number of rotatable bonds is 7. The molecule has 2 aromatic heterocycles. The van der Waals surface area contributed by atoms with Gasteiger partial charge in [-0.3, -0.25) is 0 Å². The summed E-state index contributed by atoms with van der Waals surface area (Å²) in [5.41, 5.74) is 16.5. The minimum atomic E-state index is -0.512. The maximum atomic E-state index is 5.40. The molecule has 0 radical (unpaired) electrons. The Kier molecular flexibility index (Phi) is 8.62. The third-order valence-corrected chi connectivity index (χ3v) is 13.7. The summed E-state index contributed by atoms with van der Waals surface area (Å²) >= 11 is 1.85. The quantitative estimate of drug-likeness (QED) is 0.160. The molecule has 3 heteroatoms. The molecule has 0 spiro atoms. The molecule has 0 atom stereocenters. The second-order valence-electron chi connectivity index (χ2n) is 16.1. The minimum Gasteiger partial charge on any atom is -0.228 e. The van der Waals surface area contributed by atoms with Gasteiger partial charge in [-0.25, -0.2) is 9.97 Å². The van der Waals surface area contributed by atoms with Crippen LogP contribution in [0.25, 0.3) is 87.5 Å². The summed E-state index contributed by atoms with van der Waals surface area (Å²) in [5, 5.41) is 2.63. The molecule has 0 N–H and O–H groups in total. The molecule has 2 heterocycles. The van der Waals surface area contributed by atoms with Gasteiger partial charge in [0.25, 0.3) is 0 Å². The molecule has 1 aliphatic carbocycles. The molecule has 62 heavy (non-hydrogen) atoms. The van der Waals surface area contributed by atoms with E-state index in [0.717, 1.165) is 39.2 Å². The summed E-state index contributed by atoms with van der Waals surface area (Å²) < 4.78 is 2.62. The molecule has 0 fully saturated rings. The molecular formula is C59H38N2S. The number of fused-ring (bicyclic) bond motifs is 6. The van der Waals surface area contributed by atoms with Crippen molar-refractivity contribution in [2.75, 3.05) is 0 Å². The van der Waals surface area contributed by atoms with Gasteiger partial charge in [-0.05, 0) is 86.0 Å². The van der Waals surface area contributed by atoms with E-state index < -0.39 is 5.41 Å². The number of aromatic nitrogens is 2. The van der Waals surface area contributed by atoms with Crippen LogP contribution in [0.15, 0.2) is 231 Å². The second-order valence-corrected chi connectivity index (χ2v) is 17.2. The molecule has 1 aliphatic rings. The van der Waals surface area contributed by atoms with Gasteiger partial charge < -0.3 is 0 Å². The van der Waals surface area contributed by atoms with Gasteiger partial charge in [-0.2, -0.15) is 0 Å². The largest absolute Gasteiger partial charge is 0.228 e. The van der Waals surface area contributed by atoms with Crippen molar-refractivity contribution in [1.29, 1.82) is 0 Å². The summed E-state index contributed by atoms with van der Waals surface area (Å²) in [6.45, 7) is 0. The van der Waals surface area contributed by atoms with E-state index in [0.29, 0.717) is 5.82 Å². The first-order chi connectivity index (χ1) is 30.7. The highest BCUT2D eigenvalue weighted by Gasteiger charge is 2.46. The standard InChI is InChI=1S/C59H38N2S/c1-4-15-39(16-5-1)42-17-14-18-45(35-42)58-60-54(41-29-27-40(28-30-41)43-31-34-51-50-24-11-13-26-56(50)62-57(51)37-43)38-55(61-58)44-32-33-49-48-23-10-12-25-52(48)59(53(49)36-44,46-19-6-2-7-20-46)47-21-8-3-9-22-47/h1-38H. The molecule has 0 aliphatic heterocycles. The zero-order valence-corrected chi connectivity index (χ0v) is 34.6. The van der Waals surface area contributed by atoms with Crippen molar-refractivity contribution in [3.05, 3.63) is 253 Å². The highest BCUT2D eigenvalue weighted by Crippen LogP contribution is 2.56. The first kappa shape index (κ1) is 36.2. The van der Waals surface area contributed by atoms with Gasteiger partial charge in [-0.15, -0.1) is 11.3 Å². The zero-order valence-electron chi connectivity index (χ0n) is 33.7. The lowest BCUT2D eigenvalue weighted by Gasteiger charge is -2.34. The van der Waals surface area contributed by atoms with Crippen LogP contribution in [0.5, 0.6) is 0 Å². The SMILES string of the molecule is c1ccc(-c2cccc(-c3nc(-c4ccc(-c5ccc6c(c5)sc5ccccc56)cc4)cc(-c4ccc5c(c4)C(c4ccccc4)(c4ccccc4)c4ccccc4-5)n3)c2)cc1. The number of hydrogen-bond donors (Lipinski definition) is 0. The topological polar surface area (TPSA) is 25.8 Å². The summed E-state index contributed by atoms with van der Waals surface area (Å²) in [7, 11) is 0. The Balaban J connectivity index is 1.02. The maximum Gasteiger partial charge on any atom is 0.160 e. The van der Waals surface area contributed by atoms with Crippen molar-refractivity contribution in [1.82, 2.24) is 9.97 Å². The summed E-state index contributed by atoms with van der Waals surface area (Å²) in [6, 6.07) is 83.4. The van der Waals surface area contributed by atoms with Gasteiger partial charge >= 0.3 is 0 Å². The lowest BCUT2D eigenvalue weighted by atomic mass is 9.67. The van der Waals surface area contributed by atoms with Crippen molar-refractivity contribution in [3.8, 4) is 67.3 Å². The number of hydrogen-bond acceptors (Lipinski definition) is 3. The van der Waals surface area contributed by atoms with Crippen LogP contribution in [-0.2, 0) is 5.41 Å². The number of nitrogens with zero attached hydrogens (tertiary/aromatic N) is 2. The first-order valence-corrected chi connectivity index (χ1v) is 22.0. The average Bonchev–Trinajstić information content (AvgIpc) is 3.88. The van der Waals surface area contributed by atoms with E-state index in [4.69, 9.17) is 9.97 Å². The van der Waals surface area contributed by atoms with Crippen molar-refractivity contribution in [3.63, 3.8) is 0 Å². The van der Waals surface area contributed by atoms with Crippen molar-refractivity contribution in [2.45, 2.75) is 5.41 Å². The van der Waals surface area contributed by atoms with Crippen LogP contribution in [0.2, 0.25) is 0 Å². The van der Waals surface area contributed by atoms with Crippen LogP contribution in [0.4, 0.5) is 0 Å². The van der Waals surface area contributed by atoms with Crippen LogP contribution < -0.4 is 0 Å². The highest BCUT2D eigenvalue weighted by molar-refractivity contribution is 7.25. The zero-order chi connectivity index (χ0) is 41.0. The predicted molar refractivity (Wildman–Crippen MR) is 259 cm³/mol. The normalized spacial score (nSPS) is 12.6. The third-order valence-electron chi connectivity index (χ3n) is 12.6. The Hall–Kier alpha value is -7.72. The van der Waals surface area contributed by atoms with Gasteiger partial charge in [0.15, 0.2) is 5.82 Å². The van der Waals surface area contributed by atoms with Crippen molar-refractivity contribution in [2.24, 2.45) is 0 Å². The smallest absolute Gasteiger partial charge is 0.160 e. The van der Waals surface area contributed by atoms with Crippen LogP contribution in [0.1, 0.15) is 22.3 Å². The lowest BCUT2D eigenvalue weighted by Crippen LogP contribution is -2.28. The Morgan fingerprint density at radius 3 is 1.61 bits per heavy atom.